The summed E-state index contributed by atoms with van der Waals surface area (Å²) in [6.07, 6.45) is 0.873. The van der Waals surface area contributed by atoms with Gasteiger partial charge in [-0.3, -0.25) is 14.4 Å². The van der Waals surface area contributed by atoms with Crippen molar-refractivity contribution in [3.05, 3.63) is 160 Å². The molecule has 5 rings (SSSR count). The van der Waals surface area contributed by atoms with Gasteiger partial charge in [0.2, 0.25) is 0 Å². The highest BCUT2D eigenvalue weighted by atomic mass is 16.5. The van der Waals surface area contributed by atoms with Crippen molar-refractivity contribution >= 4 is 17.3 Å². The molecule has 5 aromatic carbocycles. The molecule has 0 spiro atoms. The third-order valence-corrected chi connectivity index (χ3v) is 8.08. The zero-order valence-corrected chi connectivity index (χ0v) is 26.9. The standard InChI is InChI=1S/C41H38O5/c1-6-41(4,5)46-37-25-19-34(20-26-37)40(44)33-17-23-36(24-18-33)45-35-21-15-32(16-22-35)39(43)31-13-11-30(12-14-31)38(42)29-9-7-28(8-10-29)27(2)3/h7-27H,6H2,1-5H3. The fourth-order valence-electron chi connectivity index (χ4n) is 4.84. The molecule has 0 aliphatic heterocycles. The lowest BCUT2D eigenvalue weighted by Crippen LogP contribution is -2.26. The molecule has 0 aromatic heterocycles. The van der Waals surface area contributed by atoms with Crippen LogP contribution in [0.4, 0.5) is 0 Å². The number of benzene rings is 5. The monoisotopic (exact) mass is 610 g/mol. The summed E-state index contributed by atoms with van der Waals surface area (Å²) in [5.74, 6) is 1.94. The molecular weight excluding hydrogens is 572 g/mol. The van der Waals surface area contributed by atoms with E-state index in [1.165, 1.54) is 5.56 Å². The normalized spacial score (nSPS) is 11.3. The largest absolute Gasteiger partial charge is 0.488 e. The van der Waals surface area contributed by atoms with Crippen LogP contribution in [0.1, 0.15) is 100 Å². The molecule has 0 fully saturated rings. The first-order valence-corrected chi connectivity index (χ1v) is 15.5. The molecule has 0 aliphatic carbocycles. The zero-order valence-electron chi connectivity index (χ0n) is 26.9. The second-order valence-electron chi connectivity index (χ2n) is 12.2. The highest BCUT2D eigenvalue weighted by Crippen LogP contribution is 2.26. The van der Waals surface area contributed by atoms with Gasteiger partial charge in [-0.25, -0.2) is 0 Å². The van der Waals surface area contributed by atoms with Gasteiger partial charge in [0.15, 0.2) is 17.3 Å². The lowest BCUT2D eigenvalue weighted by molar-refractivity contribution is 0.102. The molecule has 0 N–H and O–H groups in total. The van der Waals surface area contributed by atoms with Crippen LogP contribution in [0.2, 0.25) is 0 Å². The highest BCUT2D eigenvalue weighted by Gasteiger charge is 2.18. The summed E-state index contributed by atoms with van der Waals surface area (Å²) in [6, 6.07) is 35.4. The van der Waals surface area contributed by atoms with E-state index in [9.17, 15) is 14.4 Å². The Morgan fingerprint density at radius 1 is 0.500 bits per heavy atom. The van der Waals surface area contributed by atoms with Gasteiger partial charge in [-0.2, -0.15) is 0 Å². The van der Waals surface area contributed by atoms with E-state index in [0.717, 1.165) is 12.2 Å². The maximum Gasteiger partial charge on any atom is 0.193 e. The number of hydrogen-bond acceptors (Lipinski definition) is 5. The summed E-state index contributed by atoms with van der Waals surface area (Å²) in [6.45, 7) is 10.4. The van der Waals surface area contributed by atoms with Crippen LogP contribution in [0.5, 0.6) is 17.2 Å². The van der Waals surface area contributed by atoms with E-state index in [0.29, 0.717) is 50.8 Å². The van der Waals surface area contributed by atoms with Crippen molar-refractivity contribution in [1.29, 1.82) is 0 Å². The summed E-state index contributed by atoms with van der Waals surface area (Å²) < 4.78 is 11.9. The first-order valence-electron chi connectivity index (χ1n) is 15.5. The van der Waals surface area contributed by atoms with E-state index in [-0.39, 0.29) is 23.0 Å². The highest BCUT2D eigenvalue weighted by molar-refractivity contribution is 6.12. The molecule has 46 heavy (non-hydrogen) atoms. The maximum absolute atomic E-state index is 13.1. The number of ether oxygens (including phenoxy) is 2. The number of carbonyl (C=O) groups excluding carboxylic acids is 3. The number of hydrogen-bond donors (Lipinski definition) is 0. The lowest BCUT2D eigenvalue weighted by Gasteiger charge is -2.24. The minimum atomic E-state index is -0.270. The predicted octanol–water partition coefficient (Wildman–Crippen LogP) is 9.86. The topological polar surface area (TPSA) is 69.7 Å². The SMILES string of the molecule is CCC(C)(C)Oc1ccc(C(=O)c2ccc(Oc3ccc(C(=O)c4ccc(C(=O)c5ccc(C(C)C)cc5)cc4)cc3)cc2)cc1. The van der Waals surface area contributed by atoms with E-state index in [2.05, 4.69) is 20.8 Å². The third kappa shape index (κ3) is 7.67. The fourth-order valence-corrected chi connectivity index (χ4v) is 4.84. The van der Waals surface area contributed by atoms with E-state index >= 15 is 0 Å². The molecule has 0 bridgehead atoms. The summed E-state index contributed by atoms with van der Waals surface area (Å²) >= 11 is 0. The molecule has 5 heteroatoms. The Kier molecular flexibility index (Phi) is 9.62. The van der Waals surface area contributed by atoms with Gasteiger partial charge in [-0.1, -0.05) is 69.3 Å². The summed E-state index contributed by atoms with van der Waals surface area (Å²) in [4.78, 5) is 39.0. The molecule has 5 nitrogen and oxygen atoms in total. The van der Waals surface area contributed by atoms with Gasteiger partial charge in [0, 0.05) is 33.4 Å². The van der Waals surface area contributed by atoms with Crippen LogP contribution in [0.25, 0.3) is 0 Å². The van der Waals surface area contributed by atoms with Crippen LogP contribution >= 0.6 is 0 Å². The molecule has 5 aromatic rings. The Bertz CT molecular complexity index is 1810. The van der Waals surface area contributed by atoms with Crippen LogP contribution in [0, 0.1) is 0 Å². The van der Waals surface area contributed by atoms with Gasteiger partial charge in [0.25, 0.3) is 0 Å². The van der Waals surface area contributed by atoms with Crippen molar-refractivity contribution in [2.24, 2.45) is 0 Å². The van der Waals surface area contributed by atoms with Crippen LogP contribution < -0.4 is 9.47 Å². The Morgan fingerprint density at radius 2 is 0.783 bits per heavy atom. The first kappa shape index (κ1) is 32.1. The van der Waals surface area contributed by atoms with Gasteiger partial charge in [0.05, 0.1) is 0 Å². The molecule has 0 heterocycles. The molecule has 0 unspecified atom stereocenters. The number of carbonyl (C=O) groups is 3. The molecule has 232 valence electrons. The minimum Gasteiger partial charge on any atom is -0.488 e. The van der Waals surface area contributed by atoms with Gasteiger partial charge in [-0.15, -0.1) is 0 Å². The van der Waals surface area contributed by atoms with E-state index in [1.54, 1.807) is 84.9 Å². The van der Waals surface area contributed by atoms with Crippen molar-refractivity contribution < 1.29 is 23.9 Å². The Labute approximate surface area is 270 Å². The smallest absolute Gasteiger partial charge is 0.193 e. The van der Waals surface area contributed by atoms with E-state index in [4.69, 9.17) is 9.47 Å². The fraction of sp³-hybridized carbons (Fsp3) is 0.195. The van der Waals surface area contributed by atoms with Crippen LogP contribution in [-0.4, -0.2) is 23.0 Å². The number of rotatable bonds is 12. The Balaban J connectivity index is 1.18. The first-order chi connectivity index (χ1) is 22.0. The van der Waals surface area contributed by atoms with Crippen LogP contribution in [0.15, 0.2) is 121 Å². The van der Waals surface area contributed by atoms with Gasteiger partial charge in [-0.05, 0) is 105 Å². The summed E-state index contributed by atoms with van der Waals surface area (Å²) in [5, 5.41) is 0. The molecule has 0 amide bonds. The molecule has 0 atom stereocenters. The third-order valence-electron chi connectivity index (χ3n) is 8.08. The van der Waals surface area contributed by atoms with Crippen molar-refractivity contribution in [2.75, 3.05) is 0 Å². The summed E-state index contributed by atoms with van der Waals surface area (Å²) in [5.41, 5.74) is 4.18. The van der Waals surface area contributed by atoms with Crippen LogP contribution in [-0.2, 0) is 0 Å². The average Bonchev–Trinajstić information content (AvgIpc) is 3.08. The molecule has 0 saturated heterocycles. The van der Waals surface area contributed by atoms with Gasteiger partial charge in [0.1, 0.15) is 22.8 Å². The number of ketones is 3. The van der Waals surface area contributed by atoms with Crippen molar-refractivity contribution in [2.45, 2.75) is 52.6 Å². The van der Waals surface area contributed by atoms with Crippen molar-refractivity contribution in [3.63, 3.8) is 0 Å². The average molecular weight is 611 g/mol. The summed E-state index contributed by atoms with van der Waals surface area (Å²) in [7, 11) is 0. The zero-order chi connectivity index (χ0) is 32.8. The minimum absolute atomic E-state index is 0.0797. The predicted molar refractivity (Wildman–Crippen MR) is 182 cm³/mol. The lowest BCUT2D eigenvalue weighted by atomic mass is 9.96. The maximum atomic E-state index is 13.1. The van der Waals surface area contributed by atoms with E-state index in [1.807, 2.05) is 50.2 Å². The van der Waals surface area contributed by atoms with E-state index < -0.39 is 0 Å². The molecular formula is C41H38O5. The Hall–Kier alpha value is -5.29. The second kappa shape index (κ2) is 13.8. The second-order valence-corrected chi connectivity index (χ2v) is 12.2. The molecule has 0 radical (unpaired) electrons. The molecule has 0 aliphatic rings. The van der Waals surface area contributed by atoms with Gasteiger partial charge < -0.3 is 9.47 Å². The Morgan fingerprint density at radius 3 is 1.09 bits per heavy atom. The van der Waals surface area contributed by atoms with Crippen molar-refractivity contribution in [1.82, 2.24) is 0 Å². The van der Waals surface area contributed by atoms with Crippen LogP contribution in [0.3, 0.4) is 0 Å². The van der Waals surface area contributed by atoms with Crippen molar-refractivity contribution in [3.8, 4) is 17.2 Å². The molecule has 0 saturated carbocycles. The quantitative estimate of drug-likeness (QED) is 0.132. The van der Waals surface area contributed by atoms with Gasteiger partial charge >= 0.3 is 0 Å².